The fourth-order valence-electron chi connectivity index (χ4n) is 3.22. The summed E-state index contributed by atoms with van der Waals surface area (Å²) in [5.41, 5.74) is 0.568. The third kappa shape index (κ3) is 4.72. The van der Waals surface area contributed by atoms with Crippen molar-refractivity contribution in [3.63, 3.8) is 0 Å². The highest BCUT2D eigenvalue weighted by Crippen LogP contribution is 2.24. The van der Waals surface area contributed by atoms with Gasteiger partial charge in [0.05, 0.1) is 11.0 Å². The van der Waals surface area contributed by atoms with Crippen molar-refractivity contribution < 1.29 is 17.9 Å². The van der Waals surface area contributed by atoms with Crippen LogP contribution in [0.4, 0.5) is 5.69 Å². The molecule has 0 bridgehead atoms. The topological polar surface area (TPSA) is 75.7 Å². The van der Waals surface area contributed by atoms with Gasteiger partial charge in [-0.2, -0.15) is 4.31 Å². The Bertz CT molecular complexity index is 744. The Morgan fingerprint density at radius 1 is 1.19 bits per heavy atom. The molecular weight excluding hydrogens is 352 g/mol. The molecular formula is C19H26N2O4S. The SMILES string of the molecule is CC1CCN(S(=O)(=O)c2ccc(NC(=O)/C=C/C3CCCO3)cc2)CC1. The van der Waals surface area contributed by atoms with E-state index in [9.17, 15) is 13.2 Å². The molecule has 0 aromatic heterocycles. The number of anilines is 1. The average Bonchev–Trinajstić information content (AvgIpc) is 3.14. The third-order valence-corrected chi connectivity index (χ3v) is 6.84. The van der Waals surface area contributed by atoms with Crippen molar-refractivity contribution in [2.24, 2.45) is 5.92 Å². The second-order valence-electron chi connectivity index (χ2n) is 7.01. The molecule has 2 aliphatic heterocycles. The summed E-state index contributed by atoms with van der Waals surface area (Å²) in [6.45, 7) is 4.02. The first kappa shape index (κ1) is 19.1. The van der Waals surface area contributed by atoms with Crippen molar-refractivity contribution in [2.75, 3.05) is 25.0 Å². The highest BCUT2D eigenvalue weighted by molar-refractivity contribution is 7.89. The van der Waals surface area contributed by atoms with Crippen LogP contribution in [0.2, 0.25) is 0 Å². The second-order valence-corrected chi connectivity index (χ2v) is 8.95. The molecule has 1 amide bonds. The van der Waals surface area contributed by atoms with Gasteiger partial charge in [-0.3, -0.25) is 4.79 Å². The Morgan fingerprint density at radius 3 is 2.50 bits per heavy atom. The second kappa shape index (κ2) is 8.33. The zero-order valence-electron chi connectivity index (χ0n) is 15.1. The number of amides is 1. The maximum absolute atomic E-state index is 12.7. The van der Waals surface area contributed by atoms with Gasteiger partial charge in [0, 0.05) is 31.5 Å². The first-order valence-corrected chi connectivity index (χ1v) is 10.6. The summed E-state index contributed by atoms with van der Waals surface area (Å²) in [6, 6.07) is 6.34. The maximum atomic E-state index is 12.7. The maximum Gasteiger partial charge on any atom is 0.248 e. The highest BCUT2D eigenvalue weighted by Gasteiger charge is 2.27. The number of benzene rings is 1. The van der Waals surface area contributed by atoms with Crippen molar-refractivity contribution in [1.82, 2.24) is 4.31 Å². The minimum Gasteiger partial charge on any atom is -0.374 e. The number of sulfonamides is 1. The van der Waals surface area contributed by atoms with Gasteiger partial charge in [0.15, 0.2) is 0 Å². The summed E-state index contributed by atoms with van der Waals surface area (Å²) in [5, 5.41) is 2.74. The van der Waals surface area contributed by atoms with E-state index in [0.29, 0.717) is 24.7 Å². The van der Waals surface area contributed by atoms with Gasteiger partial charge >= 0.3 is 0 Å². The van der Waals surface area contributed by atoms with Crippen LogP contribution in [0, 0.1) is 5.92 Å². The molecule has 1 aromatic carbocycles. The van der Waals surface area contributed by atoms with E-state index in [1.165, 1.54) is 6.08 Å². The van der Waals surface area contributed by atoms with Crippen molar-refractivity contribution in [1.29, 1.82) is 0 Å². The Balaban J connectivity index is 1.59. The van der Waals surface area contributed by atoms with Crippen LogP contribution in [0.5, 0.6) is 0 Å². The highest BCUT2D eigenvalue weighted by atomic mass is 32.2. The summed E-state index contributed by atoms with van der Waals surface area (Å²) >= 11 is 0. The van der Waals surface area contributed by atoms with Gasteiger partial charge in [0.1, 0.15) is 0 Å². The Hall–Kier alpha value is -1.70. The van der Waals surface area contributed by atoms with Crippen LogP contribution in [-0.2, 0) is 19.6 Å². The predicted octanol–water partition coefficient (Wildman–Crippen LogP) is 2.78. The van der Waals surface area contributed by atoms with Crippen LogP contribution < -0.4 is 5.32 Å². The number of carbonyl (C=O) groups is 1. The van der Waals surface area contributed by atoms with Crippen LogP contribution in [-0.4, -0.2) is 44.4 Å². The van der Waals surface area contributed by atoms with Crippen LogP contribution in [0.15, 0.2) is 41.3 Å². The van der Waals surface area contributed by atoms with E-state index in [0.717, 1.165) is 32.3 Å². The van der Waals surface area contributed by atoms with Gasteiger partial charge in [-0.1, -0.05) is 13.0 Å². The van der Waals surface area contributed by atoms with E-state index < -0.39 is 10.0 Å². The number of hydrogen-bond donors (Lipinski definition) is 1. The quantitative estimate of drug-likeness (QED) is 0.800. The van der Waals surface area contributed by atoms with Crippen LogP contribution in [0.1, 0.15) is 32.6 Å². The number of piperidine rings is 1. The lowest BCUT2D eigenvalue weighted by Gasteiger charge is -2.29. The molecule has 2 saturated heterocycles. The standard InChI is InChI=1S/C19H26N2O4S/c1-15-10-12-21(13-11-15)26(23,24)18-7-4-16(5-8-18)20-19(22)9-6-17-3-2-14-25-17/h4-9,15,17H,2-3,10-14H2,1H3,(H,20,22)/b9-6+. The molecule has 6 nitrogen and oxygen atoms in total. The molecule has 1 unspecified atom stereocenters. The van der Waals surface area contributed by atoms with Gasteiger partial charge in [0.25, 0.3) is 0 Å². The average molecular weight is 378 g/mol. The van der Waals surface area contributed by atoms with Gasteiger partial charge < -0.3 is 10.1 Å². The van der Waals surface area contributed by atoms with Gasteiger partial charge in [-0.25, -0.2) is 8.42 Å². The number of nitrogens with one attached hydrogen (secondary N) is 1. The van der Waals surface area contributed by atoms with E-state index in [-0.39, 0.29) is 16.9 Å². The molecule has 1 N–H and O–H groups in total. The molecule has 0 aliphatic carbocycles. The van der Waals surface area contributed by atoms with Gasteiger partial charge in [-0.15, -0.1) is 0 Å². The number of carbonyl (C=O) groups excluding carboxylic acids is 1. The zero-order chi connectivity index (χ0) is 18.6. The number of ether oxygens (including phenoxy) is 1. The predicted molar refractivity (Wildman–Crippen MR) is 100 cm³/mol. The molecule has 2 fully saturated rings. The lowest BCUT2D eigenvalue weighted by atomic mass is 10.0. The molecule has 1 aromatic rings. The summed E-state index contributed by atoms with van der Waals surface area (Å²) in [4.78, 5) is 12.2. The summed E-state index contributed by atoms with van der Waals surface area (Å²) < 4.78 is 32.4. The fourth-order valence-corrected chi connectivity index (χ4v) is 4.69. The van der Waals surface area contributed by atoms with Crippen LogP contribution >= 0.6 is 0 Å². The Labute approximate surface area is 155 Å². The summed E-state index contributed by atoms with van der Waals surface area (Å²) in [6.07, 6.45) is 6.98. The van der Waals surface area contributed by atoms with E-state index in [1.807, 2.05) is 0 Å². The number of rotatable bonds is 5. The van der Waals surface area contributed by atoms with Gasteiger partial charge in [-0.05, 0) is 55.9 Å². The molecule has 2 aliphatic rings. The number of hydrogen-bond acceptors (Lipinski definition) is 4. The van der Waals surface area contributed by atoms with E-state index in [2.05, 4.69) is 12.2 Å². The summed E-state index contributed by atoms with van der Waals surface area (Å²) in [5.74, 6) is 0.322. The van der Waals surface area contributed by atoms with Crippen molar-refractivity contribution in [3.8, 4) is 0 Å². The smallest absolute Gasteiger partial charge is 0.248 e. The monoisotopic (exact) mass is 378 g/mol. The van der Waals surface area contributed by atoms with E-state index >= 15 is 0 Å². The molecule has 1 atom stereocenters. The summed E-state index contributed by atoms with van der Waals surface area (Å²) in [7, 11) is -3.46. The lowest BCUT2D eigenvalue weighted by molar-refractivity contribution is -0.112. The molecule has 7 heteroatoms. The van der Waals surface area contributed by atoms with Gasteiger partial charge in [0.2, 0.25) is 15.9 Å². The minimum absolute atomic E-state index is 0.0144. The Morgan fingerprint density at radius 2 is 1.88 bits per heavy atom. The molecule has 142 valence electrons. The molecule has 2 heterocycles. The zero-order valence-corrected chi connectivity index (χ0v) is 15.9. The minimum atomic E-state index is -3.46. The Kier molecular flexibility index (Phi) is 6.11. The molecule has 0 radical (unpaired) electrons. The van der Waals surface area contributed by atoms with E-state index in [1.54, 1.807) is 34.6 Å². The van der Waals surface area contributed by atoms with Crippen molar-refractivity contribution in [2.45, 2.75) is 43.6 Å². The van der Waals surface area contributed by atoms with E-state index in [4.69, 9.17) is 4.74 Å². The molecule has 3 rings (SSSR count). The molecule has 0 saturated carbocycles. The number of nitrogens with zero attached hydrogens (tertiary/aromatic N) is 1. The van der Waals surface area contributed by atoms with Crippen molar-refractivity contribution in [3.05, 3.63) is 36.4 Å². The third-order valence-electron chi connectivity index (χ3n) is 4.93. The fraction of sp³-hybridized carbons (Fsp3) is 0.526. The normalized spacial score (nSPS) is 22.7. The largest absolute Gasteiger partial charge is 0.374 e. The first-order chi connectivity index (χ1) is 12.4. The first-order valence-electron chi connectivity index (χ1n) is 9.16. The molecule has 0 spiro atoms. The van der Waals surface area contributed by atoms with Crippen LogP contribution in [0.3, 0.4) is 0 Å². The lowest BCUT2D eigenvalue weighted by Crippen LogP contribution is -2.37. The van der Waals surface area contributed by atoms with Crippen molar-refractivity contribution >= 4 is 21.6 Å². The van der Waals surface area contributed by atoms with Crippen LogP contribution in [0.25, 0.3) is 0 Å². The molecule has 26 heavy (non-hydrogen) atoms.